The number of ether oxygens (including phenoxy) is 3. The van der Waals surface area contributed by atoms with Crippen LogP contribution in [0.1, 0.15) is 10.4 Å². The zero-order valence-electron chi connectivity index (χ0n) is 13.0. The van der Waals surface area contributed by atoms with E-state index in [1.807, 2.05) is 0 Å². The Kier molecular flexibility index (Phi) is 9.37. The van der Waals surface area contributed by atoms with Gasteiger partial charge in [-0.25, -0.2) is 0 Å². The molecular weight excluding hydrogens is 302 g/mol. The third-order valence-corrected chi connectivity index (χ3v) is 2.71. The van der Waals surface area contributed by atoms with Gasteiger partial charge in [0.25, 0.3) is 11.8 Å². The van der Waals surface area contributed by atoms with Gasteiger partial charge in [0.1, 0.15) is 5.75 Å². The quantitative estimate of drug-likeness (QED) is 0.435. The van der Waals surface area contributed by atoms with Crippen LogP contribution in [-0.4, -0.2) is 57.9 Å². The van der Waals surface area contributed by atoms with Crippen molar-refractivity contribution in [3.05, 3.63) is 29.8 Å². The second kappa shape index (κ2) is 11.4. The van der Waals surface area contributed by atoms with Crippen molar-refractivity contribution in [2.45, 2.75) is 0 Å². The Bertz CT molecular complexity index is 496. The fourth-order valence-corrected chi connectivity index (χ4v) is 1.66. The summed E-state index contributed by atoms with van der Waals surface area (Å²) in [7, 11) is 0. The highest BCUT2D eigenvalue weighted by Gasteiger charge is 2.09. The minimum Gasteiger partial charge on any atom is -0.483 e. The number of amides is 2. The number of carbonyl (C=O) groups is 2. The first-order chi connectivity index (χ1) is 11.1. The highest BCUT2D eigenvalue weighted by atomic mass is 16.5. The van der Waals surface area contributed by atoms with Crippen LogP contribution < -0.4 is 21.5 Å². The summed E-state index contributed by atoms with van der Waals surface area (Å²) in [5, 5.41) is 2.64. The van der Waals surface area contributed by atoms with Crippen LogP contribution in [0.15, 0.2) is 24.3 Å². The first-order valence-electron chi connectivity index (χ1n) is 7.29. The van der Waals surface area contributed by atoms with Crippen LogP contribution in [0, 0.1) is 0 Å². The van der Waals surface area contributed by atoms with Gasteiger partial charge in [-0.2, -0.15) is 0 Å². The summed E-state index contributed by atoms with van der Waals surface area (Å²) >= 11 is 0. The molecule has 0 atom stereocenters. The van der Waals surface area contributed by atoms with Gasteiger partial charge >= 0.3 is 0 Å². The Balaban J connectivity index is 2.14. The normalized spacial score (nSPS) is 10.3. The van der Waals surface area contributed by atoms with Crippen molar-refractivity contribution in [3.63, 3.8) is 0 Å². The maximum atomic E-state index is 11.6. The molecule has 0 fully saturated rings. The molecule has 0 bridgehead atoms. The predicted octanol–water partition coefficient (Wildman–Crippen LogP) is -0.728. The van der Waals surface area contributed by atoms with Gasteiger partial charge in [0.2, 0.25) is 0 Å². The van der Waals surface area contributed by atoms with Crippen LogP contribution in [-0.2, 0) is 14.3 Å². The van der Waals surface area contributed by atoms with E-state index in [0.29, 0.717) is 39.5 Å². The Morgan fingerprint density at radius 1 is 1.04 bits per heavy atom. The number of nitrogens with two attached hydrogens (primary N) is 2. The summed E-state index contributed by atoms with van der Waals surface area (Å²) in [6, 6.07) is 6.48. The molecule has 8 heteroatoms. The lowest BCUT2D eigenvalue weighted by Gasteiger charge is -2.10. The maximum absolute atomic E-state index is 11.6. The number of carbonyl (C=O) groups excluding carboxylic acids is 2. The average Bonchev–Trinajstić information content (AvgIpc) is 2.55. The highest BCUT2D eigenvalue weighted by Crippen LogP contribution is 2.16. The zero-order valence-corrected chi connectivity index (χ0v) is 13.0. The van der Waals surface area contributed by atoms with Gasteiger partial charge in [-0.1, -0.05) is 12.1 Å². The molecule has 128 valence electrons. The fraction of sp³-hybridized carbons (Fsp3) is 0.467. The van der Waals surface area contributed by atoms with Crippen molar-refractivity contribution in [3.8, 4) is 5.75 Å². The van der Waals surface area contributed by atoms with Crippen LogP contribution >= 0.6 is 0 Å². The summed E-state index contributed by atoms with van der Waals surface area (Å²) in [6.07, 6.45) is 0. The van der Waals surface area contributed by atoms with Gasteiger partial charge in [-0.05, 0) is 12.1 Å². The van der Waals surface area contributed by atoms with Crippen LogP contribution in [0.2, 0.25) is 0 Å². The minimum absolute atomic E-state index is 0.204. The second-order valence-corrected chi connectivity index (χ2v) is 4.51. The molecule has 0 saturated carbocycles. The van der Waals surface area contributed by atoms with E-state index < -0.39 is 5.91 Å². The van der Waals surface area contributed by atoms with E-state index in [4.69, 9.17) is 25.7 Å². The van der Waals surface area contributed by atoms with Crippen LogP contribution in [0.25, 0.3) is 0 Å². The highest BCUT2D eigenvalue weighted by molar-refractivity contribution is 5.95. The van der Waals surface area contributed by atoms with E-state index in [0.717, 1.165) is 0 Å². The van der Waals surface area contributed by atoms with Crippen molar-refractivity contribution in [2.24, 2.45) is 11.5 Å². The smallest absolute Gasteiger partial charge is 0.258 e. The first-order valence-corrected chi connectivity index (χ1v) is 7.29. The number of hydrogen-bond donors (Lipinski definition) is 3. The SMILES string of the molecule is NCCOCCOCCNC(=O)COc1ccccc1C(N)=O. The Hall–Kier alpha value is -2.16. The van der Waals surface area contributed by atoms with Gasteiger partial charge in [0.15, 0.2) is 6.61 Å². The summed E-state index contributed by atoms with van der Waals surface area (Å²) < 4.78 is 15.7. The molecule has 5 N–H and O–H groups in total. The molecule has 1 rings (SSSR count). The number of primary amides is 1. The van der Waals surface area contributed by atoms with Crippen molar-refractivity contribution < 1.29 is 23.8 Å². The summed E-state index contributed by atoms with van der Waals surface area (Å²) in [5.74, 6) is -0.637. The third-order valence-electron chi connectivity index (χ3n) is 2.71. The fourth-order valence-electron chi connectivity index (χ4n) is 1.66. The van der Waals surface area contributed by atoms with Crippen molar-refractivity contribution in [2.75, 3.05) is 46.1 Å². The molecule has 0 radical (unpaired) electrons. The van der Waals surface area contributed by atoms with Gasteiger partial charge < -0.3 is 31.0 Å². The molecule has 0 aliphatic carbocycles. The molecule has 0 saturated heterocycles. The van der Waals surface area contributed by atoms with Crippen molar-refractivity contribution in [1.29, 1.82) is 0 Å². The zero-order chi connectivity index (χ0) is 16.9. The molecule has 0 aliphatic heterocycles. The molecule has 0 spiro atoms. The lowest BCUT2D eigenvalue weighted by molar-refractivity contribution is -0.123. The van der Waals surface area contributed by atoms with Gasteiger partial charge in [0.05, 0.1) is 32.0 Å². The van der Waals surface area contributed by atoms with Gasteiger partial charge in [-0.15, -0.1) is 0 Å². The predicted molar refractivity (Wildman–Crippen MR) is 84.2 cm³/mol. The number of para-hydroxylation sites is 1. The van der Waals surface area contributed by atoms with E-state index in [-0.39, 0.29) is 23.8 Å². The second-order valence-electron chi connectivity index (χ2n) is 4.51. The van der Waals surface area contributed by atoms with Crippen LogP contribution in [0.4, 0.5) is 0 Å². The average molecular weight is 325 g/mol. The molecule has 0 heterocycles. The number of nitrogens with one attached hydrogen (secondary N) is 1. The van der Waals surface area contributed by atoms with E-state index in [1.54, 1.807) is 18.2 Å². The van der Waals surface area contributed by atoms with Crippen LogP contribution in [0.3, 0.4) is 0 Å². The van der Waals surface area contributed by atoms with Gasteiger partial charge in [-0.3, -0.25) is 9.59 Å². The third kappa shape index (κ3) is 8.15. The molecule has 8 nitrogen and oxygen atoms in total. The van der Waals surface area contributed by atoms with E-state index in [9.17, 15) is 9.59 Å². The number of benzene rings is 1. The number of rotatable bonds is 12. The Morgan fingerprint density at radius 3 is 2.43 bits per heavy atom. The molecule has 2 amide bonds. The molecule has 0 aromatic heterocycles. The molecule has 0 unspecified atom stereocenters. The molecule has 1 aromatic carbocycles. The standard InChI is InChI=1S/C15H23N3O5/c16-5-7-21-9-10-22-8-6-18-14(19)11-23-13-4-2-1-3-12(13)15(17)20/h1-4H,5-11,16H2,(H2,17,20)(H,18,19). The first kappa shape index (κ1) is 18.9. The lowest BCUT2D eigenvalue weighted by atomic mass is 10.2. The summed E-state index contributed by atoms with van der Waals surface area (Å²) in [5.41, 5.74) is 10.7. The summed E-state index contributed by atoms with van der Waals surface area (Å²) in [4.78, 5) is 22.8. The Morgan fingerprint density at radius 2 is 1.74 bits per heavy atom. The van der Waals surface area contributed by atoms with Crippen LogP contribution in [0.5, 0.6) is 5.75 Å². The molecule has 23 heavy (non-hydrogen) atoms. The van der Waals surface area contributed by atoms with E-state index >= 15 is 0 Å². The molecular formula is C15H23N3O5. The Labute approximate surface area is 135 Å². The topological polar surface area (TPSA) is 126 Å². The monoisotopic (exact) mass is 325 g/mol. The van der Waals surface area contributed by atoms with E-state index in [1.165, 1.54) is 6.07 Å². The maximum Gasteiger partial charge on any atom is 0.258 e. The van der Waals surface area contributed by atoms with E-state index in [2.05, 4.69) is 5.32 Å². The molecule has 1 aromatic rings. The van der Waals surface area contributed by atoms with Gasteiger partial charge in [0, 0.05) is 13.1 Å². The molecule has 0 aliphatic rings. The summed E-state index contributed by atoms with van der Waals surface area (Å²) in [6.45, 7) is 2.42. The minimum atomic E-state index is -0.605. The largest absolute Gasteiger partial charge is 0.483 e. The lowest BCUT2D eigenvalue weighted by Crippen LogP contribution is -2.32. The van der Waals surface area contributed by atoms with Crippen molar-refractivity contribution >= 4 is 11.8 Å². The van der Waals surface area contributed by atoms with Crippen molar-refractivity contribution in [1.82, 2.24) is 5.32 Å². The number of hydrogen-bond acceptors (Lipinski definition) is 6.